The van der Waals surface area contributed by atoms with Gasteiger partial charge in [-0.15, -0.1) is 0 Å². The average molecular weight is 363 g/mol. The maximum absolute atomic E-state index is 12.7. The molecule has 146 valence electrons. The molecule has 0 spiro atoms. The van der Waals surface area contributed by atoms with Crippen LogP contribution >= 0.6 is 0 Å². The van der Waals surface area contributed by atoms with Crippen LogP contribution in [0.5, 0.6) is 0 Å². The molecule has 7 heteroatoms. The van der Waals surface area contributed by atoms with Gasteiger partial charge in [0.05, 0.1) is 24.3 Å². The van der Waals surface area contributed by atoms with Gasteiger partial charge in [-0.05, 0) is 48.5 Å². The molecule has 0 radical (unpaired) electrons. The molecule has 1 aromatic rings. The summed E-state index contributed by atoms with van der Waals surface area (Å²) in [5.74, 6) is 0.940. The molecule has 0 bridgehead atoms. The zero-order chi connectivity index (χ0) is 19.6. The quantitative estimate of drug-likeness (QED) is 0.656. The summed E-state index contributed by atoms with van der Waals surface area (Å²) in [6.07, 6.45) is 0. The fourth-order valence-corrected chi connectivity index (χ4v) is 3.94. The Morgan fingerprint density at radius 3 is 2.46 bits per heavy atom. The van der Waals surface area contributed by atoms with Crippen LogP contribution < -0.4 is 5.32 Å². The van der Waals surface area contributed by atoms with Gasteiger partial charge < -0.3 is 15.1 Å². The molecular weight excluding hydrogens is 328 g/mol. The Labute approximate surface area is 157 Å². The Hall–Kier alpha value is -2.05. The normalized spacial score (nSPS) is 18.0. The molecule has 1 saturated heterocycles. The van der Waals surface area contributed by atoms with Gasteiger partial charge in [0, 0.05) is 37.4 Å². The van der Waals surface area contributed by atoms with Gasteiger partial charge in [0.15, 0.2) is 5.96 Å². The van der Waals surface area contributed by atoms with Crippen LogP contribution in [0.4, 0.5) is 0 Å². The number of hydrogen-bond acceptors (Lipinski definition) is 3. The molecule has 1 amide bonds. The van der Waals surface area contributed by atoms with Gasteiger partial charge in [-0.2, -0.15) is 5.10 Å². The number of aryl methyl sites for hydroxylation is 2. The number of guanidine groups is 1. The Bertz CT molecular complexity index is 688. The van der Waals surface area contributed by atoms with Crippen LogP contribution in [0, 0.1) is 13.8 Å². The van der Waals surface area contributed by atoms with Crippen LogP contribution in [-0.2, 0) is 18.4 Å². The van der Waals surface area contributed by atoms with E-state index in [-0.39, 0.29) is 17.5 Å². The van der Waals surface area contributed by atoms with Crippen LogP contribution in [0.25, 0.3) is 0 Å². The van der Waals surface area contributed by atoms with Crippen molar-refractivity contribution in [3.8, 4) is 0 Å². The fraction of sp³-hybridized carbons (Fsp3) is 0.737. The van der Waals surface area contributed by atoms with Gasteiger partial charge in [-0.3, -0.25) is 9.48 Å². The van der Waals surface area contributed by atoms with E-state index in [9.17, 15) is 4.79 Å². The first-order valence-corrected chi connectivity index (χ1v) is 9.43. The van der Waals surface area contributed by atoms with Crippen molar-refractivity contribution in [3.63, 3.8) is 0 Å². The van der Waals surface area contributed by atoms with Crippen molar-refractivity contribution in [2.45, 2.75) is 66.6 Å². The highest BCUT2D eigenvalue weighted by Crippen LogP contribution is 2.24. The van der Waals surface area contributed by atoms with Gasteiger partial charge in [0.1, 0.15) is 0 Å². The maximum atomic E-state index is 12.7. The largest absolute Gasteiger partial charge is 0.356 e. The monoisotopic (exact) mass is 362 g/mol. The second kappa shape index (κ2) is 7.68. The Kier molecular flexibility index (Phi) is 5.98. The van der Waals surface area contributed by atoms with Crippen molar-refractivity contribution in [2.75, 3.05) is 19.6 Å². The molecule has 1 aromatic heterocycles. The number of aromatic nitrogens is 2. The molecule has 26 heavy (non-hydrogen) atoms. The summed E-state index contributed by atoms with van der Waals surface area (Å²) in [5, 5.41) is 7.81. The van der Waals surface area contributed by atoms with Crippen molar-refractivity contribution in [2.24, 2.45) is 12.0 Å². The molecule has 0 atom stereocenters. The van der Waals surface area contributed by atoms with E-state index in [2.05, 4.69) is 49.9 Å². The summed E-state index contributed by atoms with van der Waals surface area (Å²) in [4.78, 5) is 21.6. The Morgan fingerprint density at radius 1 is 1.35 bits per heavy atom. The third-order valence-corrected chi connectivity index (χ3v) is 5.02. The molecule has 1 N–H and O–H groups in total. The van der Waals surface area contributed by atoms with Gasteiger partial charge in [-0.25, -0.2) is 4.99 Å². The molecule has 7 nitrogen and oxygen atoms in total. The number of carbonyl (C=O) groups excluding carboxylic acids is 1. The van der Waals surface area contributed by atoms with E-state index in [0.29, 0.717) is 13.1 Å². The maximum Gasteiger partial charge on any atom is 0.242 e. The predicted octanol–water partition coefficient (Wildman–Crippen LogP) is 1.83. The van der Waals surface area contributed by atoms with Crippen LogP contribution in [-0.4, -0.2) is 62.7 Å². The molecule has 2 heterocycles. The lowest BCUT2D eigenvalue weighted by atomic mass is 9.96. The molecule has 0 unspecified atom stereocenters. The number of nitrogens with one attached hydrogen (secondary N) is 1. The van der Waals surface area contributed by atoms with Crippen molar-refractivity contribution in [1.29, 1.82) is 0 Å². The molecule has 0 aromatic carbocycles. The SMILES string of the molecule is CCNC(=NCc1c(C)nn(C)c1C)N1CC(=O)N(C(C)C)C(C)(C)C1. The lowest BCUT2D eigenvalue weighted by Gasteiger charge is -2.49. The highest BCUT2D eigenvalue weighted by molar-refractivity contribution is 5.88. The summed E-state index contributed by atoms with van der Waals surface area (Å²) in [6.45, 7) is 17.0. The van der Waals surface area contributed by atoms with Gasteiger partial charge >= 0.3 is 0 Å². The van der Waals surface area contributed by atoms with Crippen molar-refractivity contribution in [3.05, 3.63) is 17.0 Å². The summed E-state index contributed by atoms with van der Waals surface area (Å²) in [5.41, 5.74) is 3.04. The first kappa shape index (κ1) is 20.3. The lowest BCUT2D eigenvalue weighted by Crippen LogP contribution is -2.66. The van der Waals surface area contributed by atoms with E-state index in [1.165, 1.54) is 0 Å². The zero-order valence-corrected chi connectivity index (χ0v) is 17.6. The minimum Gasteiger partial charge on any atom is -0.356 e. The number of hydrogen-bond donors (Lipinski definition) is 1. The third kappa shape index (κ3) is 4.02. The first-order chi connectivity index (χ1) is 12.1. The predicted molar refractivity (Wildman–Crippen MR) is 105 cm³/mol. The molecule has 2 rings (SSSR count). The van der Waals surface area contributed by atoms with E-state index in [1.54, 1.807) is 0 Å². The van der Waals surface area contributed by atoms with E-state index in [1.807, 2.05) is 30.5 Å². The topological polar surface area (TPSA) is 65.8 Å². The number of rotatable bonds is 4. The van der Waals surface area contributed by atoms with Crippen LogP contribution in [0.3, 0.4) is 0 Å². The number of amides is 1. The zero-order valence-electron chi connectivity index (χ0n) is 17.6. The minimum absolute atomic E-state index is 0.149. The highest BCUT2D eigenvalue weighted by Gasteiger charge is 2.40. The van der Waals surface area contributed by atoms with E-state index in [4.69, 9.17) is 4.99 Å². The average Bonchev–Trinajstić information content (AvgIpc) is 2.74. The fourth-order valence-electron chi connectivity index (χ4n) is 3.94. The summed E-state index contributed by atoms with van der Waals surface area (Å²) in [6, 6.07) is 0.194. The van der Waals surface area contributed by atoms with E-state index < -0.39 is 0 Å². The third-order valence-electron chi connectivity index (χ3n) is 5.02. The molecule has 0 aliphatic carbocycles. The first-order valence-electron chi connectivity index (χ1n) is 9.43. The molecule has 1 fully saturated rings. The number of piperazine rings is 1. The van der Waals surface area contributed by atoms with Crippen LogP contribution in [0.1, 0.15) is 51.6 Å². The van der Waals surface area contributed by atoms with E-state index in [0.717, 1.165) is 36.0 Å². The van der Waals surface area contributed by atoms with Gasteiger partial charge in [0.2, 0.25) is 5.91 Å². The highest BCUT2D eigenvalue weighted by atomic mass is 16.2. The standard InChI is InChI=1S/C19H34N6O/c1-9-20-18(21-10-16-14(4)22-23(8)15(16)5)24-11-17(26)25(13(2)3)19(6,7)12-24/h13H,9-12H2,1-8H3,(H,20,21). The van der Waals surface area contributed by atoms with Crippen molar-refractivity contribution >= 4 is 11.9 Å². The number of carbonyl (C=O) groups is 1. The second-order valence-electron chi connectivity index (χ2n) is 7.97. The number of aliphatic imine (C=N–C) groups is 1. The molecular formula is C19H34N6O. The van der Waals surface area contributed by atoms with Crippen LogP contribution in [0.15, 0.2) is 4.99 Å². The molecule has 0 saturated carbocycles. The Balaban J connectivity index is 2.25. The molecule has 1 aliphatic rings. The summed E-state index contributed by atoms with van der Waals surface area (Å²) >= 11 is 0. The Morgan fingerprint density at radius 2 is 2.00 bits per heavy atom. The second-order valence-corrected chi connectivity index (χ2v) is 7.97. The molecule has 1 aliphatic heterocycles. The minimum atomic E-state index is -0.236. The van der Waals surface area contributed by atoms with Gasteiger partial charge in [0.25, 0.3) is 0 Å². The smallest absolute Gasteiger partial charge is 0.242 e. The van der Waals surface area contributed by atoms with Gasteiger partial charge in [-0.1, -0.05) is 0 Å². The summed E-state index contributed by atoms with van der Waals surface area (Å²) in [7, 11) is 1.95. The van der Waals surface area contributed by atoms with E-state index >= 15 is 0 Å². The lowest BCUT2D eigenvalue weighted by molar-refractivity contribution is -0.145. The van der Waals surface area contributed by atoms with Crippen molar-refractivity contribution in [1.82, 2.24) is 24.9 Å². The van der Waals surface area contributed by atoms with Crippen molar-refractivity contribution < 1.29 is 4.79 Å². The number of nitrogens with zero attached hydrogens (tertiary/aromatic N) is 5. The summed E-state index contributed by atoms with van der Waals surface area (Å²) < 4.78 is 1.89. The van der Waals surface area contributed by atoms with Crippen LogP contribution in [0.2, 0.25) is 0 Å².